The van der Waals surface area contributed by atoms with Crippen molar-refractivity contribution in [3.05, 3.63) is 23.8 Å². The molecule has 0 radical (unpaired) electrons. The fourth-order valence-corrected chi connectivity index (χ4v) is 1.65. The number of aromatic carboxylic acids is 1. The molecule has 1 aromatic carbocycles. The van der Waals surface area contributed by atoms with Crippen LogP contribution in [0.3, 0.4) is 0 Å². The highest BCUT2D eigenvalue weighted by Crippen LogP contribution is 2.28. The van der Waals surface area contributed by atoms with Crippen LogP contribution in [0.1, 0.15) is 23.2 Å². The summed E-state index contributed by atoms with van der Waals surface area (Å²) in [4.78, 5) is 10.9. The molecule has 1 fully saturated rings. The van der Waals surface area contributed by atoms with Crippen LogP contribution in [0.2, 0.25) is 0 Å². The van der Waals surface area contributed by atoms with E-state index in [2.05, 4.69) is 5.32 Å². The van der Waals surface area contributed by atoms with Crippen molar-refractivity contribution in [1.82, 2.24) is 0 Å². The molecule has 1 aliphatic carbocycles. The molecule has 1 aromatic rings. The summed E-state index contributed by atoms with van der Waals surface area (Å²) in [7, 11) is 0. The maximum absolute atomic E-state index is 10.9. The quantitative estimate of drug-likeness (QED) is 0.507. The van der Waals surface area contributed by atoms with E-state index in [1.807, 2.05) is 0 Å². The van der Waals surface area contributed by atoms with E-state index in [0.29, 0.717) is 13.2 Å². The van der Waals surface area contributed by atoms with Crippen LogP contribution in [0.4, 0.5) is 11.4 Å². The first kappa shape index (κ1) is 12.7. The van der Waals surface area contributed by atoms with Crippen LogP contribution < -0.4 is 11.1 Å². The number of carboxylic acid groups (broad SMARTS) is 1. The molecule has 0 bridgehead atoms. The second-order valence-electron chi connectivity index (χ2n) is 4.55. The van der Waals surface area contributed by atoms with Gasteiger partial charge in [-0.2, -0.15) is 0 Å². The molecule has 0 unspecified atom stereocenters. The maximum Gasteiger partial charge on any atom is 0.337 e. The molecule has 0 saturated heterocycles. The van der Waals surface area contributed by atoms with Crippen LogP contribution >= 0.6 is 0 Å². The van der Waals surface area contributed by atoms with E-state index < -0.39 is 5.97 Å². The second kappa shape index (κ2) is 5.73. The number of nitrogens with two attached hydrogens (primary N) is 1. The van der Waals surface area contributed by atoms with Gasteiger partial charge in [-0.1, -0.05) is 0 Å². The average molecular weight is 250 g/mol. The van der Waals surface area contributed by atoms with Gasteiger partial charge in [0, 0.05) is 24.5 Å². The van der Waals surface area contributed by atoms with Crippen molar-refractivity contribution in [2.75, 3.05) is 30.8 Å². The summed E-state index contributed by atoms with van der Waals surface area (Å²) in [5, 5.41) is 12.1. The summed E-state index contributed by atoms with van der Waals surface area (Å²) in [6.45, 7) is 2.13. The summed E-state index contributed by atoms with van der Waals surface area (Å²) < 4.78 is 5.48. The molecule has 5 nitrogen and oxygen atoms in total. The third kappa shape index (κ3) is 3.63. The minimum absolute atomic E-state index is 0.124. The van der Waals surface area contributed by atoms with Crippen LogP contribution in [0, 0.1) is 5.92 Å². The summed E-state index contributed by atoms with van der Waals surface area (Å²) in [5.74, 6) is -0.249. The topological polar surface area (TPSA) is 84.6 Å². The molecule has 1 aliphatic rings. The van der Waals surface area contributed by atoms with Gasteiger partial charge in [-0.25, -0.2) is 4.79 Å². The van der Waals surface area contributed by atoms with Crippen molar-refractivity contribution in [3.8, 4) is 0 Å². The number of hydrogen-bond acceptors (Lipinski definition) is 4. The number of benzene rings is 1. The lowest BCUT2D eigenvalue weighted by Gasteiger charge is -2.09. The van der Waals surface area contributed by atoms with Gasteiger partial charge in [0.1, 0.15) is 0 Å². The fourth-order valence-electron chi connectivity index (χ4n) is 1.65. The first-order valence-corrected chi connectivity index (χ1v) is 6.11. The molecule has 0 atom stereocenters. The Morgan fingerprint density at radius 1 is 1.50 bits per heavy atom. The van der Waals surface area contributed by atoms with Crippen LogP contribution in [0.5, 0.6) is 0 Å². The predicted octanol–water partition coefficient (Wildman–Crippen LogP) is 1.81. The van der Waals surface area contributed by atoms with E-state index >= 15 is 0 Å². The number of hydrogen-bond donors (Lipinski definition) is 3. The SMILES string of the molecule is Nc1ccc(NCCOCC2CC2)cc1C(=O)O. The van der Waals surface area contributed by atoms with Crippen molar-refractivity contribution in [3.63, 3.8) is 0 Å². The molecular weight excluding hydrogens is 232 g/mol. The standard InChI is InChI=1S/C13H18N2O3/c14-12-4-3-10(7-11(12)13(16)17)15-5-6-18-8-9-1-2-9/h3-4,7,9,15H,1-2,5-6,8,14H2,(H,16,17). The molecule has 0 spiro atoms. The van der Waals surface area contributed by atoms with Gasteiger partial charge < -0.3 is 20.9 Å². The Morgan fingerprint density at radius 3 is 2.94 bits per heavy atom. The number of anilines is 2. The lowest BCUT2D eigenvalue weighted by molar-refractivity contribution is 0.0698. The monoisotopic (exact) mass is 250 g/mol. The van der Waals surface area contributed by atoms with Gasteiger partial charge >= 0.3 is 5.97 Å². The molecule has 98 valence electrons. The Bertz CT molecular complexity index is 430. The molecule has 0 amide bonds. The first-order chi connectivity index (χ1) is 8.66. The summed E-state index contributed by atoms with van der Waals surface area (Å²) in [6, 6.07) is 4.90. The Labute approximate surface area is 106 Å². The lowest BCUT2D eigenvalue weighted by atomic mass is 10.1. The van der Waals surface area contributed by atoms with Crippen LogP contribution in [-0.2, 0) is 4.74 Å². The third-order valence-electron chi connectivity index (χ3n) is 2.91. The molecule has 0 heterocycles. The van der Waals surface area contributed by atoms with Gasteiger partial charge in [-0.05, 0) is 37.0 Å². The van der Waals surface area contributed by atoms with Crippen molar-refractivity contribution in [2.24, 2.45) is 5.92 Å². The Kier molecular flexibility index (Phi) is 4.04. The number of carboxylic acids is 1. The Morgan fingerprint density at radius 2 is 2.28 bits per heavy atom. The number of nitrogens with one attached hydrogen (secondary N) is 1. The minimum atomic E-state index is -1.01. The molecule has 18 heavy (non-hydrogen) atoms. The van der Waals surface area contributed by atoms with Crippen molar-refractivity contribution in [1.29, 1.82) is 0 Å². The number of ether oxygens (including phenoxy) is 1. The van der Waals surface area contributed by atoms with E-state index in [0.717, 1.165) is 18.2 Å². The normalized spacial score (nSPS) is 14.4. The Hall–Kier alpha value is -1.75. The number of carbonyl (C=O) groups is 1. The summed E-state index contributed by atoms with van der Waals surface area (Å²) >= 11 is 0. The largest absolute Gasteiger partial charge is 0.478 e. The van der Waals surface area contributed by atoms with E-state index in [4.69, 9.17) is 15.6 Å². The molecule has 5 heteroatoms. The molecule has 0 aromatic heterocycles. The zero-order valence-corrected chi connectivity index (χ0v) is 10.2. The lowest BCUT2D eigenvalue weighted by Crippen LogP contribution is -2.11. The Balaban J connectivity index is 1.77. The molecule has 4 N–H and O–H groups in total. The predicted molar refractivity (Wildman–Crippen MR) is 69.8 cm³/mol. The zero-order valence-electron chi connectivity index (χ0n) is 10.2. The van der Waals surface area contributed by atoms with Crippen LogP contribution in [-0.4, -0.2) is 30.8 Å². The molecule has 0 aliphatic heterocycles. The molecular formula is C13H18N2O3. The van der Waals surface area contributed by atoms with Crippen molar-refractivity contribution in [2.45, 2.75) is 12.8 Å². The maximum atomic E-state index is 10.9. The van der Waals surface area contributed by atoms with Crippen molar-refractivity contribution < 1.29 is 14.6 Å². The summed E-state index contributed by atoms with van der Waals surface area (Å²) in [5.41, 5.74) is 6.72. The average Bonchev–Trinajstić information content (AvgIpc) is 3.14. The van der Waals surface area contributed by atoms with Gasteiger partial charge in [0.05, 0.1) is 12.2 Å². The van der Waals surface area contributed by atoms with Gasteiger partial charge in [0.15, 0.2) is 0 Å². The van der Waals surface area contributed by atoms with Gasteiger partial charge in [-0.3, -0.25) is 0 Å². The number of rotatable bonds is 7. The van der Waals surface area contributed by atoms with Gasteiger partial charge in [0.25, 0.3) is 0 Å². The van der Waals surface area contributed by atoms with Gasteiger partial charge in [-0.15, -0.1) is 0 Å². The van der Waals surface area contributed by atoms with E-state index in [1.54, 1.807) is 18.2 Å². The smallest absolute Gasteiger partial charge is 0.337 e. The van der Waals surface area contributed by atoms with Crippen molar-refractivity contribution >= 4 is 17.3 Å². The van der Waals surface area contributed by atoms with Crippen LogP contribution in [0.25, 0.3) is 0 Å². The second-order valence-corrected chi connectivity index (χ2v) is 4.55. The summed E-state index contributed by atoms with van der Waals surface area (Å²) in [6.07, 6.45) is 2.57. The highest BCUT2D eigenvalue weighted by Gasteiger charge is 2.20. The van der Waals surface area contributed by atoms with E-state index in [-0.39, 0.29) is 11.3 Å². The zero-order chi connectivity index (χ0) is 13.0. The van der Waals surface area contributed by atoms with E-state index in [1.165, 1.54) is 12.8 Å². The highest BCUT2D eigenvalue weighted by molar-refractivity contribution is 5.94. The molecule has 2 rings (SSSR count). The highest BCUT2D eigenvalue weighted by atomic mass is 16.5. The third-order valence-corrected chi connectivity index (χ3v) is 2.91. The van der Waals surface area contributed by atoms with Crippen LogP contribution in [0.15, 0.2) is 18.2 Å². The van der Waals surface area contributed by atoms with E-state index in [9.17, 15) is 4.79 Å². The fraction of sp³-hybridized carbons (Fsp3) is 0.462. The number of nitrogen functional groups attached to an aromatic ring is 1. The van der Waals surface area contributed by atoms with Gasteiger partial charge in [0.2, 0.25) is 0 Å². The first-order valence-electron chi connectivity index (χ1n) is 6.11. The molecule has 1 saturated carbocycles. The minimum Gasteiger partial charge on any atom is -0.478 e.